The number of benzene rings is 2. The Labute approximate surface area is 235 Å². The molecule has 1 fully saturated rings. The van der Waals surface area contributed by atoms with E-state index in [2.05, 4.69) is 15.0 Å². The molecule has 1 N–H and O–H groups in total. The number of imidazole rings is 1. The number of carboxylic acids is 1. The summed E-state index contributed by atoms with van der Waals surface area (Å²) >= 11 is 7.13. The molecule has 1 aliphatic heterocycles. The first-order valence-electron chi connectivity index (χ1n) is 12.4. The van der Waals surface area contributed by atoms with Crippen molar-refractivity contribution in [2.24, 2.45) is 0 Å². The summed E-state index contributed by atoms with van der Waals surface area (Å²) in [5.41, 5.74) is 1.61. The third-order valence-corrected chi connectivity index (χ3v) is 7.71. The molecule has 1 atom stereocenters. The molecule has 0 amide bonds. The van der Waals surface area contributed by atoms with Crippen molar-refractivity contribution >= 4 is 39.9 Å². The van der Waals surface area contributed by atoms with E-state index in [1.54, 1.807) is 30.5 Å². The van der Waals surface area contributed by atoms with E-state index in [1.807, 2.05) is 4.57 Å². The highest BCUT2D eigenvalue weighted by molar-refractivity contribution is 7.15. The minimum atomic E-state index is -1.06. The molecule has 12 heteroatoms. The molecule has 0 bridgehead atoms. The van der Waals surface area contributed by atoms with Gasteiger partial charge >= 0.3 is 5.97 Å². The number of fused-ring (bicyclic) bond motifs is 1. The first kappa shape index (κ1) is 26.3. The average Bonchev–Trinajstić information content (AvgIpc) is 3.49. The summed E-state index contributed by atoms with van der Waals surface area (Å²) in [6.07, 6.45) is 2.40. The summed E-state index contributed by atoms with van der Waals surface area (Å²) in [6, 6.07) is 11.7. The van der Waals surface area contributed by atoms with Crippen LogP contribution in [0.5, 0.6) is 5.88 Å². The molecule has 4 heterocycles. The van der Waals surface area contributed by atoms with Crippen molar-refractivity contribution in [1.82, 2.24) is 19.5 Å². The third-order valence-electron chi connectivity index (χ3n) is 6.63. The lowest BCUT2D eigenvalue weighted by Gasteiger charge is -2.27. The number of aromatic nitrogens is 4. The van der Waals surface area contributed by atoms with Crippen LogP contribution in [-0.2, 0) is 24.3 Å². The summed E-state index contributed by atoms with van der Waals surface area (Å²) < 4.78 is 44.2. The topological polar surface area (TPSA) is 99.4 Å². The molecule has 0 aliphatic carbocycles. The fraction of sp³-hybridized carbons (Fsp3) is 0.214. The number of hydrogen-bond acceptors (Lipinski definition) is 7. The van der Waals surface area contributed by atoms with Crippen LogP contribution in [0.15, 0.2) is 54.7 Å². The largest absolute Gasteiger partial charge is 0.478 e. The molecule has 1 aliphatic rings. The van der Waals surface area contributed by atoms with Gasteiger partial charge in [0, 0.05) is 30.9 Å². The Balaban J connectivity index is 1.28. The Kier molecular flexibility index (Phi) is 7.18. The van der Waals surface area contributed by atoms with E-state index in [1.165, 1.54) is 23.5 Å². The Morgan fingerprint density at radius 3 is 2.75 bits per heavy atom. The van der Waals surface area contributed by atoms with Crippen LogP contribution in [0.2, 0.25) is 4.47 Å². The Morgan fingerprint density at radius 1 is 1.18 bits per heavy atom. The van der Waals surface area contributed by atoms with Gasteiger partial charge in [-0.1, -0.05) is 17.7 Å². The summed E-state index contributed by atoms with van der Waals surface area (Å²) in [7, 11) is 0. The van der Waals surface area contributed by atoms with Crippen LogP contribution < -0.4 is 4.74 Å². The predicted octanol–water partition coefficient (Wildman–Crippen LogP) is 6.14. The molecule has 2 aromatic carbocycles. The molecule has 5 aromatic rings. The van der Waals surface area contributed by atoms with E-state index >= 15 is 8.78 Å². The first-order chi connectivity index (χ1) is 19.3. The molecular weight excluding hydrogens is 562 g/mol. The van der Waals surface area contributed by atoms with E-state index < -0.39 is 17.6 Å². The standard InChI is InChI=1S/C28H21ClF2N4O4S/c29-28-32-12-18(40-28)14-39-26-3-1-2-22(34-26)19-11-20(30)16(8-21(19)31)10-25-33-23-5-4-15(27(36)37)9-24(23)35(25)13-17-6-7-38-17/h1-5,8-9,11-12,17H,6-7,10,13-14H2,(H,36,37). The van der Waals surface area contributed by atoms with Crippen LogP contribution in [-0.4, -0.2) is 43.3 Å². The van der Waals surface area contributed by atoms with Crippen molar-refractivity contribution in [1.29, 1.82) is 0 Å². The molecular formula is C28H21ClF2N4O4S. The van der Waals surface area contributed by atoms with E-state index in [0.717, 1.165) is 23.4 Å². The zero-order chi connectivity index (χ0) is 27.8. The minimum Gasteiger partial charge on any atom is -0.478 e. The molecule has 1 saturated heterocycles. The predicted molar refractivity (Wildman–Crippen MR) is 145 cm³/mol. The number of halogens is 3. The van der Waals surface area contributed by atoms with Gasteiger partial charge in [0.15, 0.2) is 4.47 Å². The number of nitrogens with zero attached hydrogens (tertiary/aromatic N) is 4. The quantitative estimate of drug-likeness (QED) is 0.223. The molecule has 6 rings (SSSR count). The van der Waals surface area contributed by atoms with Gasteiger partial charge in [0.25, 0.3) is 0 Å². The SMILES string of the molecule is O=C(O)c1ccc2nc(Cc3cc(F)c(-c4cccc(OCc5cnc(Cl)s5)n4)cc3F)n(CC3CCO3)c2c1. The fourth-order valence-electron chi connectivity index (χ4n) is 4.51. The van der Waals surface area contributed by atoms with Gasteiger partial charge < -0.3 is 19.1 Å². The van der Waals surface area contributed by atoms with Gasteiger partial charge in [-0.2, -0.15) is 0 Å². The van der Waals surface area contributed by atoms with Crippen LogP contribution in [0.4, 0.5) is 8.78 Å². The monoisotopic (exact) mass is 582 g/mol. The van der Waals surface area contributed by atoms with Crippen molar-refractivity contribution in [2.45, 2.75) is 32.1 Å². The second-order valence-electron chi connectivity index (χ2n) is 9.26. The number of hydrogen-bond donors (Lipinski definition) is 1. The van der Waals surface area contributed by atoms with Gasteiger partial charge in [-0.25, -0.2) is 28.5 Å². The van der Waals surface area contributed by atoms with Crippen LogP contribution >= 0.6 is 22.9 Å². The third kappa shape index (κ3) is 5.40. The average molecular weight is 583 g/mol. The van der Waals surface area contributed by atoms with Crippen molar-refractivity contribution in [2.75, 3.05) is 6.61 Å². The first-order valence-corrected chi connectivity index (χ1v) is 13.6. The summed E-state index contributed by atoms with van der Waals surface area (Å²) in [5.74, 6) is -1.59. The lowest BCUT2D eigenvalue weighted by Crippen LogP contribution is -2.31. The van der Waals surface area contributed by atoms with E-state index in [9.17, 15) is 9.90 Å². The maximum atomic E-state index is 15.4. The molecule has 1 unspecified atom stereocenters. The van der Waals surface area contributed by atoms with Crippen molar-refractivity contribution < 1.29 is 28.2 Å². The smallest absolute Gasteiger partial charge is 0.335 e. The zero-order valence-electron chi connectivity index (χ0n) is 20.8. The second-order valence-corrected chi connectivity index (χ2v) is 11.0. The van der Waals surface area contributed by atoms with Gasteiger partial charge in [0.1, 0.15) is 24.1 Å². The summed E-state index contributed by atoms with van der Waals surface area (Å²) in [6.45, 7) is 1.27. The van der Waals surface area contributed by atoms with Crippen LogP contribution in [0, 0.1) is 11.6 Å². The van der Waals surface area contributed by atoms with E-state index in [4.69, 9.17) is 21.1 Å². The highest BCUT2D eigenvalue weighted by atomic mass is 35.5. The highest BCUT2D eigenvalue weighted by Gasteiger charge is 2.23. The molecule has 3 aromatic heterocycles. The Bertz CT molecular complexity index is 1740. The summed E-state index contributed by atoms with van der Waals surface area (Å²) in [5, 5.41) is 9.44. The van der Waals surface area contributed by atoms with Gasteiger partial charge in [-0.05, 0) is 48.4 Å². The van der Waals surface area contributed by atoms with Gasteiger partial charge in [0.2, 0.25) is 5.88 Å². The molecule has 0 saturated carbocycles. The number of pyridine rings is 1. The zero-order valence-corrected chi connectivity index (χ0v) is 22.4. The normalized spacial score (nSPS) is 14.8. The number of aromatic carboxylic acids is 1. The number of carboxylic acid groups (broad SMARTS) is 1. The molecule has 204 valence electrons. The van der Waals surface area contributed by atoms with Crippen LogP contribution in [0.25, 0.3) is 22.3 Å². The van der Waals surface area contributed by atoms with Gasteiger partial charge in [-0.3, -0.25) is 0 Å². The fourth-order valence-corrected chi connectivity index (χ4v) is 5.40. The number of thiazole rings is 1. The van der Waals surface area contributed by atoms with Crippen molar-refractivity contribution in [3.05, 3.63) is 92.7 Å². The molecule has 40 heavy (non-hydrogen) atoms. The van der Waals surface area contributed by atoms with E-state index in [0.29, 0.717) is 34.5 Å². The van der Waals surface area contributed by atoms with Crippen molar-refractivity contribution in [3.63, 3.8) is 0 Å². The Morgan fingerprint density at radius 2 is 2.02 bits per heavy atom. The number of rotatable bonds is 9. The van der Waals surface area contributed by atoms with Crippen LogP contribution in [0.3, 0.4) is 0 Å². The second kappa shape index (κ2) is 10.9. The molecule has 8 nitrogen and oxygen atoms in total. The minimum absolute atomic E-state index is 0.000820. The maximum absolute atomic E-state index is 15.4. The Hall–Kier alpha value is -3.93. The lowest BCUT2D eigenvalue weighted by molar-refractivity contribution is -0.0589. The molecule has 0 spiro atoms. The van der Waals surface area contributed by atoms with Crippen molar-refractivity contribution in [3.8, 4) is 17.1 Å². The van der Waals surface area contributed by atoms with E-state index in [-0.39, 0.29) is 47.4 Å². The highest BCUT2D eigenvalue weighted by Crippen LogP contribution is 2.29. The maximum Gasteiger partial charge on any atom is 0.335 e. The summed E-state index contributed by atoms with van der Waals surface area (Å²) in [4.78, 5) is 25.2. The number of ether oxygens (including phenoxy) is 2. The number of carbonyl (C=O) groups is 1. The van der Waals surface area contributed by atoms with Gasteiger partial charge in [-0.15, -0.1) is 11.3 Å². The lowest BCUT2D eigenvalue weighted by atomic mass is 10.0. The van der Waals surface area contributed by atoms with Gasteiger partial charge in [0.05, 0.1) is 39.8 Å². The molecule has 0 radical (unpaired) electrons. The van der Waals surface area contributed by atoms with Crippen LogP contribution in [0.1, 0.15) is 33.0 Å².